The van der Waals surface area contributed by atoms with Crippen molar-refractivity contribution in [2.45, 2.75) is 12.5 Å². The maximum atomic E-state index is 13.6. The van der Waals surface area contributed by atoms with Gasteiger partial charge < -0.3 is 19.9 Å². The van der Waals surface area contributed by atoms with Crippen LogP contribution in [0, 0.1) is 5.82 Å². The number of halogens is 1. The van der Waals surface area contributed by atoms with Gasteiger partial charge in [-0.3, -0.25) is 4.98 Å². The lowest BCUT2D eigenvalue weighted by molar-refractivity contribution is 0.0601. The van der Waals surface area contributed by atoms with E-state index in [4.69, 9.17) is 4.74 Å². The van der Waals surface area contributed by atoms with Gasteiger partial charge in [0.2, 0.25) is 0 Å². The van der Waals surface area contributed by atoms with Crippen LogP contribution in [0.1, 0.15) is 33.4 Å². The number of anilines is 1. The summed E-state index contributed by atoms with van der Waals surface area (Å²) in [5.74, 6) is -1.34. The molecule has 0 bridgehead atoms. The number of pyridine rings is 1. The molecule has 1 atom stereocenters. The van der Waals surface area contributed by atoms with E-state index in [1.807, 2.05) is 6.07 Å². The second-order valence-electron chi connectivity index (χ2n) is 6.51. The molecule has 3 aromatic rings. The quantitative estimate of drug-likeness (QED) is 0.664. The molecule has 2 amide bonds. The Morgan fingerprint density at radius 1 is 1.34 bits per heavy atom. The van der Waals surface area contributed by atoms with Gasteiger partial charge >= 0.3 is 12.0 Å². The molecule has 3 heterocycles. The first kappa shape index (κ1) is 18.6. The number of carbonyl (C=O) groups excluding carboxylic acids is 2. The largest absolute Gasteiger partial charge is 0.465 e. The third-order valence-electron chi connectivity index (χ3n) is 4.81. The Kier molecular flexibility index (Phi) is 4.94. The van der Waals surface area contributed by atoms with Crippen molar-refractivity contribution in [3.8, 4) is 0 Å². The number of benzene rings is 1. The van der Waals surface area contributed by atoms with Crippen molar-refractivity contribution in [1.82, 2.24) is 19.9 Å². The molecule has 2 aromatic heterocycles. The van der Waals surface area contributed by atoms with Gasteiger partial charge in [-0.2, -0.15) is 0 Å². The number of amides is 2. The van der Waals surface area contributed by atoms with Gasteiger partial charge in [-0.25, -0.2) is 19.0 Å². The van der Waals surface area contributed by atoms with Gasteiger partial charge in [0.1, 0.15) is 11.9 Å². The van der Waals surface area contributed by atoms with Crippen molar-refractivity contribution < 1.29 is 18.7 Å². The number of imidazole rings is 1. The lowest BCUT2D eigenvalue weighted by atomic mass is 9.97. The van der Waals surface area contributed by atoms with Crippen LogP contribution in [-0.2, 0) is 11.2 Å². The van der Waals surface area contributed by atoms with E-state index in [0.717, 1.165) is 23.0 Å². The van der Waals surface area contributed by atoms with Crippen molar-refractivity contribution >= 4 is 17.7 Å². The van der Waals surface area contributed by atoms with Crippen LogP contribution >= 0.6 is 0 Å². The number of hydrogen-bond acceptors (Lipinski definition) is 5. The minimum atomic E-state index is -0.739. The van der Waals surface area contributed by atoms with Gasteiger partial charge in [0, 0.05) is 31.1 Å². The number of ether oxygens (including phenoxy) is 1. The van der Waals surface area contributed by atoms with Crippen LogP contribution in [0.2, 0.25) is 0 Å². The summed E-state index contributed by atoms with van der Waals surface area (Å²) in [5, 5.41) is 2.71. The highest BCUT2D eigenvalue weighted by Gasteiger charge is 2.34. The highest BCUT2D eigenvalue weighted by molar-refractivity contribution is 6.01. The summed E-state index contributed by atoms with van der Waals surface area (Å²) in [6.07, 6.45) is 5.55. The van der Waals surface area contributed by atoms with Gasteiger partial charge in [-0.05, 0) is 29.8 Å². The van der Waals surface area contributed by atoms with Gasteiger partial charge in [0.25, 0.3) is 0 Å². The molecule has 0 saturated carbocycles. The predicted octanol–water partition coefficient (Wildman–Crippen LogP) is 2.91. The van der Waals surface area contributed by atoms with E-state index in [1.165, 1.54) is 19.2 Å². The fourth-order valence-corrected chi connectivity index (χ4v) is 3.46. The van der Waals surface area contributed by atoms with E-state index < -0.39 is 23.9 Å². The topological polar surface area (TPSA) is 100 Å². The normalized spacial score (nSPS) is 15.5. The number of nitrogens with zero attached hydrogens (tertiary/aromatic N) is 3. The fraction of sp³-hybridized carbons (Fsp3) is 0.200. The Hall–Kier alpha value is -3.75. The highest BCUT2D eigenvalue weighted by Crippen LogP contribution is 2.33. The number of urea groups is 1. The zero-order chi connectivity index (χ0) is 20.4. The second kappa shape index (κ2) is 7.70. The molecule has 0 unspecified atom stereocenters. The van der Waals surface area contributed by atoms with Crippen molar-refractivity contribution in [2.24, 2.45) is 0 Å². The summed E-state index contributed by atoms with van der Waals surface area (Å²) in [4.78, 5) is 38.4. The number of fused-ring (bicyclic) bond motifs is 1. The minimum absolute atomic E-state index is 0.0590. The van der Waals surface area contributed by atoms with Crippen LogP contribution in [0.4, 0.5) is 14.9 Å². The second-order valence-corrected chi connectivity index (χ2v) is 6.51. The third kappa shape index (κ3) is 3.54. The zero-order valence-corrected chi connectivity index (χ0v) is 15.6. The Labute approximate surface area is 165 Å². The number of nitrogens with one attached hydrogen (secondary N) is 2. The molecule has 0 fully saturated rings. The van der Waals surface area contributed by atoms with Crippen LogP contribution in [-0.4, -0.2) is 45.5 Å². The summed E-state index contributed by atoms with van der Waals surface area (Å²) in [7, 11) is 1.20. The molecule has 0 spiro atoms. The van der Waals surface area contributed by atoms with Crippen molar-refractivity contribution in [1.29, 1.82) is 0 Å². The summed E-state index contributed by atoms with van der Waals surface area (Å²) in [5.41, 5.74) is 2.62. The molecule has 148 valence electrons. The van der Waals surface area contributed by atoms with Gasteiger partial charge in [-0.1, -0.05) is 6.07 Å². The summed E-state index contributed by atoms with van der Waals surface area (Å²) >= 11 is 0. The number of aromatic amines is 1. The maximum Gasteiger partial charge on any atom is 0.340 e. The lowest BCUT2D eigenvalue weighted by Crippen LogP contribution is -2.43. The van der Waals surface area contributed by atoms with Crippen LogP contribution in [0.5, 0.6) is 0 Å². The Morgan fingerprint density at radius 2 is 2.21 bits per heavy atom. The maximum absolute atomic E-state index is 13.6. The van der Waals surface area contributed by atoms with Crippen molar-refractivity contribution in [3.63, 3.8) is 0 Å². The van der Waals surface area contributed by atoms with E-state index in [-0.39, 0.29) is 11.3 Å². The number of methoxy groups -OCH3 is 1. The molecule has 0 aliphatic carbocycles. The van der Waals surface area contributed by atoms with E-state index in [2.05, 4.69) is 20.3 Å². The van der Waals surface area contributed by atoms with Crippen LogP contribution in [0.3, 0.4) is 0 Å². The van der Waals surface area contributed by atoms with E-state index in [1.54, 1.807) is 29.7 Å². The van der Waals surface area contributed by atoms with E-state index >= 15 is 0 Å². The molecule has 1 aliphatic rings. The monoisotopic (exact) mass is 395 g/mol. The smallest absolute Gasteiger partial charge is 0.340 e. The summed E-state index contributed by atoms with van der Waals surface area (Å²) in [6, 6.07) is 6.32. The van der Waals surface area contributed by atoms with Crippen LogP contribution in [0.25, 0.3) is 0 Å². The standard InChI is InChI=1S/C20H18FN5O3/c1-29-19(27)14-9-13(21)4-5-15(14)25-20(28)26-8-6-16-17(24-11-23-16)18(26)12-3-2-7-22-10-12/h2-5,7,9-11,18H,6,8H2,1H3,(H,23,24)(H,25,28)/t18-/m1/s1. The summed E-state index contributed by atoms with van der Waals surface area (Å²) in [6.45, 7) is 0.426. The van der Waals surface area contributed by atoms with Crippen LogP contribution in [0.15, 0.2) is 49.1 Å². The minimum Gasteiger partial charge on any atom is -0.465 e. The number of aromatic nitrogens is 3. The number of rotatable bonds is 3. The lowest BCUT2D eigenvalue weighted by Gasteiger charge is -2.35. The van der Waals surface area contributed by atoms with Crippen LogP contribution < -0.4 is 5.32 Å². The molecule has 0 radical (unpaired) electrons. The molecule has 0 saturated heterocycles. The Morgan fingerprint density at radius 3 is 2.97 bits per heavy atom. The highest BCUT2D eigenvalue weighted by atomic mass is 19.1. The Balaban J connectivity index is 1.67. The number of H-pyrrole nitrogens is 1. The molecule has 1 aromatic carbocycles. The molecule has 4 rings (SSSR count). The first-order chi connectivity index (χ1) is 14.1. The van der Waals surface area contributed by atoms with Gasteiger partial charge in [-0.15, -0.1) is 0 Å². The Bertz CT molecular complexity index is 1050. The molecule has 2 N–H and O–H groups in total. The summed E-state index contributed by atoms with van der Waals surface area (Å²) < 4.78 is 18.3. The average Bonchev–Trinajstić information content (AvgIpc) is 3.23. The van der Waals surface area contributed by atoms with Crippen molar-refractivity contribution in [3.05, 3.63) is 77.4 Å². The molecule has 8 nitrogen and oxygen atoms in total. The zero-order valence-electron chi connectivity index (χ0n) is 15.6. The number of esters is 1. The first-order valence-electron chi connectivity index (χ1n) is 8.96. The van der Waals surface area contributed by atoms with E-state index in [0.29, 0.717) is 13.0 Å². The van der Waals surface area contributed by atoms with Crippen molar-refractivity contribution in [2.75, 3.05) is 19.0 Å². The fourth-order valence-electron chi connectivity index (χ4n) is 3.46. The molecular weight excluding hydrogens is 377 g/mol. The SMILES string of the molecule is COC(=O)c1cc(F)ccc1NC(=O)N1CCc2[nH]cnc2[C@H]1c1cccnc1. The molecule has 9 heteroatoms. The molecule has 29 heavy (non-hydrogen) atoms. The number of carbonyl (C=O) groups is 2. The molecule has 1 aliphatic heterocycles. The first-order valence-corrected chi connectivity index (χ1v) is 8.96. The predicted molar refractivity (Wildman–Crippen MR) is 102 cm³/mol. The third-order valence-corrected chi connectivity index (χ3v) is 4.81. The number of hydrogen-bond donors (Lipinski definition) is 2. The van der Waals surface area contributed by atoms with Gasteiger partial charge in [0.15, 0.2) is 0 Å². The van der Waals surface area contributed by atoms with Gasteiger partial charge in [0.05, 0.1) is 30.4 Å². The van der Waals surface area contributed by atoms with E-state index in [9.17, 15) is 14.0 Å². The average molecular weight is 395 g/mol. The molecular formula is C20H18FN5O3.